The molecule has 2 aromatic carbocycles. The maximum Gasteiger partial charge on any atom is 0.336 e. The highest BCUT2D eigenvalue weighted by molar-refractivity contribution is 6.09. The highest BCUT2D eigenvalue weighted by Crippen LogP contribution is 2.49. The third kappa shape index (κ3) is 3.75. The lowest BCUT2D eigenvalue weighted by atomic mass is 9.83. The monoisotopic (exact) mass is 436 g/mol. The molecular weight excluding hydrogens is 412 g/mol. The molecule has 1 aromatic heterocycles. The molecule has 1 N–H and O–H groups in total. The maximum atomic E-state index is 12.5. The van der Waals surface area contributed by atoms with Crippen molar-refractivity contribution in [1.29, 1.82) is 0 Å². The summed E-state index contributed by atoms with van der Waals surface area (Å²) < 4.78 is 16.7. The first-order valence-electron chi connectivity index (χ1n) is 10.4. The van der Waals surface area contributed by atoms with Crippen LogP contribution in [0, 0.1) is 12.8 Å². The van der Waals surface area contributed by atoms with E-state index >= 15 is 0 Å². The summed E-state index contributed by atoms with van der Waals surface area (Å²) in [5, 5.41) is 11.1. The average Bonchev–Trinajstić information content (AvgIpc) is 2.71. The number of hydrogen-bond donors (Lipinski definition) is 1. The van der Waals surface area contributed by atoms with Crippen molar-refractivity contribution in [3.05, 3.63) is 63.0 Å². The van der Waals surface area contributed by atoms with E-state index in [-0.39, 0.29) is 34.5 Å². The van der Waals surface area contributed by atoms with Crippen molar-refractivity contribution in [3.63, 3.8) is 0 Å². The lowest BCUT2D eigenvalue weighted by molar-refractivity contribution is -0.135. The smallest absolute Gasteiger partial charge is 0.336 e. The molecule has 7 heteroatoms. The number of benzene rings is 2. The van der Waals surface area contributed by atoms with E-state index in [1.54, 1.807) is 6.92 Å². The lowest BCUT2D eigenvalue weighted by Gasteiger charge is -2.28. The molecule has 0 saturated heterocycles. The van der Waals surface area contributed by atoms with Gasteiger partial charge in [0.2, 0.25) is 0 Å². The molecule has 0 fully saturated rings. The number of aromatic hydroxyl groups is 1. The molecule has 2 heterocycles. The standard InChI is InChI=1S/C25H24O7/c1-12(2)11-30-16-7-5-15(6-8-16)17-10-19(28)32-25-21(14(4)26)23(29)20-13(3)9-18(27)31-24(20)22(17)25/h5-9,12,17,29H,10-11H2,1-4H3/t17-/m0/s1. The third-order valence-corrected chi connectivity index (χ3v) is 5.50. The molecule has 0 spiro atoms. The zero-order valence-electron chi connectivity index (χ0n) is 18.4. The summed E-state index contributed by atoms with van der Waals surface area (Å²) in [6.45, 7) is 7.63. The topological polar surface area (TPSA) is 103 Å². The van der Waals surface area contributed by atoms with Crippen LogP contribution >= 0.6 is 0 Å². The summed E-state index contributed by atoms with van der Waals surface area (Å²) in [6.07, 6.45) is -0.00588. The Bertz CT molecular complexity index is 1280. The number of aryl methyl sites for hydroxylation is 1. The molecule has 1 aliphatic rings. The van der Waals surface area contributed by atoms with E-state index in [1.165, 1.54) is 13.0 Å². The van der Waals surface area contributed by atoms with Crippen molar-refractivity contribution in [2.24, 2.45) is 5.92 Å². The molecule has 166 valence electrons. The first-order chi connectivity index (χ1) is 15.2. The number of esters is 1. The van der Waals surface area contributed by atoms with Gasteiger partial charge in [0.1, 0.15) is 22.6 Å². The van der Waals surface area contributed by atoms with Gasteiger partial charge in [0.05, 0.1) is 18.4 Å². The first-order valence-corrected chi connectivity index (χ1v) is 10.4. The molecule has 0 saturated carbocycles. The normalized spacial score (nSPS) is 15.5. The second kappa shape index (κ2) is 8.15. The highest BCUT2D eigenvalue weighted by atomic mass is 16.5. The molecule has 7 nitrogen and oxygen atoms in total. The zero-order valence-corrected chi connectivity index (χ0v) is 18.4. The summed E-state index contributed by atoms with van der Waals surface area (Å²) in [6, 6.07) is 8.55. The Morgan fingerprint density at radius 3 is 2.53 bits per heavy atom. The Hall–Kier alpha value is -3.61. The van der Waals surface area contributed by atoms with Crippen LogP contribution in [-0.2, 0) is 4.79 Å². The van der Waals surface area contributed by atoms with E-state index in [0.29, 0.717) is 29.4 Å². The first kappa shape index (κ1) is 21.6. The quantitative estimate of drug-likeness (QED) is 0.272. The molecule has 1 aliphatic heterocycles. The molecule has 4 rings (SSSR count). The van der Waals surface area contributed by atoms with Crippen LogP contribution in [0.15, 0.2) is 39.5 Å². The second-order valence-corrected chi connectivity index (χ2v) is 8.48. The molecule has 32 heavy (non-hydrogen) atoms. The van der Waals surface area contributed by atoms with Crippen LogP contribution in [0.5, 0.6) is 17.2 Å². The minimum atomic E-state index is -0.597. The highest BCUT2D eigenvalue weighted by Gasteiger charge is 2.37. The van der Waals surface area contributed by atoms with Crippen LogP contribution < -0.4 is 15.1 Å². The molecule has 3 aromatic rings. The van der Waals surface area contributed by atoms with Crippen LogP contribution in [0.4, 0.5) is 0 Å². The van der Waals surface area contributed by atoms with Crippen molar-refractivity contribution in [2.45, 2.75) is 40.0 Å². The summed E-state index contributed by atoms with van der Waals surface area (Å²) in [5.74, 6) is -0.878. The SMILES string of the molecule is CC(=O)c1c2c(c3oc(=O)cc(C)c3c1O)[C@H](c1ccc(OCC(C)C)cc1)CC(=O)O2. The number of rotatable bonds is 5. The molecule has 0 aliphatic carbocycles. The van der Waals surface area contributed by atoms with E-state index in [0.717, 1.165) is 5.56 Å². The molecule has 0 amide bonds. The number of carbonyl (C=O) groups is 2. The van der Waals surface area contributed by atoms with Gasteiger partial charge in [-0.25, -0.2) is 4.79 Å². The number of phenolic OH excluding ortho intramolecular Hbond substituents is 1. The van der Waals surface area contributed by atoms with E-state index in [1.807, 2.05) is 24.3 Å². The molecule has 0 bridgehead atoms. The number of carbonyl (C=O) groups excluding carboxylic acids is 2. The van der Waals surface area contributed by atoms with Gasteiger partial charge >= 0.3 is 11.6 Å². The summed E-state index contributed by atoms with van der Waals surface area (Å²) >= 11 is 0. The van der Waals surface area contributed by atoms with Crippen LogP contribution in [-0.4, -0.2) is 23.5 Å². The summed E-state index contributed by atoms with van der Waals surface area (Å²) in [7, 11) is 0. The lowest BCUT2D eigenvalue weighted by Crippen LogP contribution is -2.23. The van der Waals surface area contributed by atoms with Gasteiger partial charge < -0.3 is 19.0 Å². The van der Waals surface area contributed by atoms with Crippen LogP contribution in [0.2, 0.25) is 0 Å². The van der Waals surface area contributed by atoms with Gasteiger partial charge in [0, 0.05) is 17.5 Å². The van der Waals surface area contributed by atoms with Crippen molar-refractivity contribution >= 4 is 22.7 Å². The Morgan fingerprint density at radius 1 is 1.22 bits per heavy atom. The number of Topliss-reactive ketones (excluding diaryl/α,β-unsaturated/α-hetero) is 1. The number of phenols is 1. The Labute approximate surface area is 184 Å². The van der Waals surface area contributed by atoms with Crippen LogP contribution in [0.1, 0.15) is 60.2 Å². The Kier molecular flexibility index (Phi) is 5.50. The summed E-state index contributed by atoms with van der Waals surface area (Å²) in [5.41, 5.74) is 1.06. The van der Waals surface area contributed by atoms with Gasteiger partial charge in [-0.1, -0.05) is 26.0 Å². The van der Waals surface area contributed by atoms with Gasteiger partial charge in [-0.2, -0.15) is 0 Å². The predicted octanol–water partition coefficient (Wildman–Crippen LogP) is 4.49. The fraction of sp³-hybridized carbons (Fsp3) is 0.320. The minimum Gasteiger partial charge on any atom is -0.506 e. The predicted molar refractivity (Wildman–Crippen MR) is 118 cm³/mol. The molecule has 0 radical (unpaired) electrons. The van der Waals surface area contributed by atoms with E-state index in [2.05, 4.69) is 13.8 Å². The van der Waals surface area contributed by atoms with Crippen molar-refractivity contribution in [2.75, 3.05) is 6.61 Å². The number of hydrogen-bond acceptors (Lipinski definition) is 7. The van der Waals surface area contributed by atoms with Gasteiger partial charge in [-0.3, -0.25) is 9.59 Å². The number of ketones is 1. The van der Waals surface area contributed by atoms with Gasteiger partial charge in [0.15, 0.2) is 11.5 Å². The average molecular weight is 436 g/mol. The molecular formula is C25H24O7. The van der Waals surface area contributed by atoms with E-state index in [9.17, 15) is 19.5 Å². The number of ether oxygens (including phenoxy) is 2. The van der Waals surface area contributed by atoms with E-state index < -0.39 is 23.3 Å². The zero-order chi connectivity index (χ0) is 23.2. The van der Waals surface area contributed by atoms with Gasteiger partial charge in [-0.05, 0) is 43.0 Å². The minimum absolute atomic E-state index is 0.00588. The second-order valence-electron chi connectivity index (χ2n) is 8.48. The van der Waals surface area contributed by atoms with Crippen LogP contribution in [0.25, 0.3) is 11.0 Å². The summed E-state index contributed by atoms with van der Waals surface area (Å²) in [4.78, 5) is 37.1. The van der Waals surface area contributed by atoms with Crippen LogP contribution in [0.3, 0.4) is 0 Å². The molecule has 0 unspecified atom stereocenters. The third-order valence-electron chi connectivity index (χ3n) is 5.50. The van der Waals surface area contributed by atoms with Gasteiger partial charge in [-0.15, -0.1) is 0 Å². The largest absolute Gasteiger partial charge is 0.506 e. The maximum absolute atomic E-state index is 12.5. The number of fused-ring (bicyclic) bond motifs is 3. The van der Waals surface area contributed by atoms with E-state index in [4.69, 9.17) is 13.9 Å². The van der Waals surface area contributed by atoms with Crippen molar-refractivity contribution < 1.29 is 28.6 Å². The fourth-order valence-corrected chi connectivity index (χ4v) is 4.08. The Balaban J connectivity index is 1.95. The Morgan fingerprint density at radius 2 is 1.91 bits per heavy atom. The van der Waals surface area contributed by atoms with Crippen molar-refractivity contribution in [1.82, 2.24) is 0 Å². The fourth-order valence-electron chi connectivity index (χ4n) is 4.08. The van der Waals surface area contributed by atoms with Gasteiger partial charge in [0.25, 0.3) is 0 Å². The van der Waals surface area contributed by atoms with Crippen molar-refractivity contribution in [3.8, 4) is 17.2 Å². The molecule has 1 atom stereocenters.